The van der Waals surface area contributed by atoms with E-state index < -0.39 is 0 Å². The van der Waals surface area contributed by atoms with Gasteiger partial charge in [-0.1, -0.05) is 17.3 Å². The summed E-state index contributed by atoms with van der Waals surface area (Å²) in [6, 6.07) is 7.75. The average molecular weight is 273 g/mol. The Hall–Kier alpha value is -2.21. The molecule has 0 aliphatic rings. The highest BCUT2D eigenvalue weighted by molar-refractivity contribution is 5.90. The van der Waals surface area contributed by atoms with Crippen LogP contribution in [0.3, 0.4) is 0 Å². The molecule has 0 unspecified atom stereocenters. The summed E-state index contributed by atoms with van der Waals surface area (Å²) in [6.45, 7) is 3.04. The second-order valence-corrected chi connectivity index (χ2v) is 4.70. The Morgan fingerprint density at radius 3 is 3.00 bits per heavy atom. The Morgan fingerprint density at radius 1 is 1.45 bits per heavy atom. The molecule has 1 amide bonds. The van der Waals surface area contributed by atoms with Crippen LogP contribution in [0.1, 0.15) is 24.1 Å². The second-order valence-electron chi connectivity index (χ2n) is 4.70. The van der Waals surface area contributed by atoms with Crippen LogP contribution < -0.4 is 11.1 Å². The number of nitrogens with two attached hydrogens (primary N) is 1. The summed E-state index contributed by atoms with van der Waals surface area (Å²) >= 11 is 0. The maximum absolute atomic E-state index is 11.8. The summed E-state index contributed by atoms with van der Waals surface area (Å²) < 4.78 is 1.71. The number of carbonyl (C=O) groups excluding carboxylic acids is 1. The number of benzene rings is 1. The molecule has 6 nitrogen and oxygen atoms in total. The summed E-state index contributed by atoms with van der Waals surface area (Å²) in [5.74, 6) is 0.00904. The van der Waals surface area contributed by atoms with Gasteiger partial charge in [-0.3, -0.25) is 9.48 Å². The van der Waals surface area contributed by atoms with Gasteiger partial charge < -0.3 is 11.1 Å². The van der Waals surface area contributed by atoms with E-state index in [0.29, 0.717) is 25.9 Å². The van der Waals surface area contributed by atoms with Gasteiger partial charge in [0.05, 0.1) is 5.69 Å². The van der Waals surface area contributed by atoms with Crippen LogP contribution in [0.25, 0.3) is 0 Å². The van der Waals surface area contributed by atoms with Crippen molar-refractivity contribution in [3.05, 3.63) is 41.7 Å². The molecular weight excluding hydrogens is 254 g/mol. The molecule has 0 bridgehead atoms. The van der Waals surface area contributed by atoms with Gasteiger partial charge in [0.15, 0.2) is 0 Å². The molecule has 2 aromatic rings. The minimum Gasteiger partial charge on any atom is -0.326 e. The van der Waals surface area contributed by atoms with Crippen LogP contribution in [0, 0.1) is 6.92 Å². The van der Waals surface area contributed by atoms with Crippen LogP contribution in [0.4, 0.5) is 5.69 Å². The van der Waals surface area contributed by atoms with Crippen molar-refractivity contribution in [2.24, 2.45) is 5.73 Å². The number of hydrogen-bond donors (Lipinski definition) is 2. The highest BCUT2D eigenvalue weighted by Gasteiger charge is 2.04. The Bertz CT molecular complexity index is 578. The predicted molar refractivity (Wildman–Crippen MR) is 77.0 cm³/mol. The third kappa shape index (κ3) is 4.17. The Balaban J connectivity index is 1.75. The Morgan fingerprint density at radius 2 is 2.30 bits per heavy atom. The van der Waals surface area contributed by atoms with Gasteiger partial charge in [0.25, 0.3) is 0 Å². The minimum absolute atomic E-state index is 0.00904. The van der Waals surface area contributed by atoms with Gasteiger partial charge in [-0.2, -0.15) is 0 Å². The normalized spacial score (nSPS) is 10.5. The van der Waals surface area contributed by atoms with E-state index in [0.717, 1.165) is 16.9 Å². The topological polar surface area (TPSA) is 85.8 Å². The summed E-state index contributed by atoms with van der Waals surface area (Å²) in [5, 5.41) is 10.7. The maximum atomic E-state index is 11.8. The first-order valence-electron chi connectivity index (χ1n) is 6.63. The van der Waals surface area contributed by atoms with Gasteiger partial charge in [0, 0.05) is 31.4 Å². The van der Waals surface area contributed by atoms with E-state index in [-0.39, 0.29) is 5.91 Å². The molecule has 1 aromatic heterocycles. The number of nitrogens with one attached hydrogen (secondary N) is 1. The predicted octanol–water partition coefficient (Wildman–Crippen LogP) is 1.46. The number of aryl methyl sites for hydroxylation is 2. The molecule has 0 atom stereocenters. The van der Waals surface area contributed by atoms with Crippen LogP contribution in [-0.2, 0) is 17.9 Å². The van der Waals surface area contributed by atoms with Crippen LogP contribution in [-0.4, -0.2) is 20.9 Å². The lowest BCUT2D eigenvalue weighted by atomic mass is 10.2. The molecule has 1 heterocycles. The lowest BCUT2D eigenvalue weighted by Crippen LogP contribution is -2.12. The molecule has 0 spiro atoms. The molecule has 0 saturated heterocycles. The molecule has 6 heteroatoms. The van der Waals surface area contributed by atoms with Crippen molar-refractivity contribution in [2.75, 3.05) is 5.32 Å². The fourth-order valence-electron chi connectivity index (χ4n) is 1.89. The zero-order chi connectivity index (χ0) is 14.4. The van der Waals surface area contributed by atoms with Gasteiger partial charge in [-0.15, -0.1) is 5.10 Å². The van der Waals surface area contributed by atoms with Crippen molar-refractivity contribution in [2.45, 2.75) is 32.9 Å². The fraction of sp³-hybridized carbons (Fsp3) is 0.357. The van der Waals surface area contributed by atoms with E-state index >= 15 is 0 Å². The summed E-state index contributed by atoms with van der Waals surface area (Å²) in [6.07, 6.45) is 2.97. The molecule has 106 valence electrons. The number of nitrogens with zero attached hydrogens (tertiary/aromatic N) is 3. The molecule has 2 rings (SSSR count). The number of hydrogen-bond acceptors (Lipinski definition) is 4. The molecule has 0 fully saturated rings. The quantitative estimate of drug-likeness (QED) is 0.834. The highest BCUT2D eigenvalue weighted by Crippen LogP contribution is 2.10. The van der Waals surface area contributed by atoms with E-state index in [2.05, 4.69) is 15.6 Å². The highest BCUT2D eigenvalue weighted by atomic mass is 16.1. The van der Waals surface area contributed by atoms with E-state index in [1.807, 2.05) is 31.2 Å². The van der Waals surface area contributed by atoms with Crippen molar-refractivity contribution in [1.29, 1.82) is 0 Å². The van der Waals surface area contributed by atoms with Crippen molar-refractivity contribution in [1.82, 2.24) is 15.0 Å². The van der Waals surface area contributed by atoms with E-state index in [1.165, 1.54) is 0 Å². The monoisotopic (exact) mass is 273 g/mol. The Kier molecular flexibility index (Phi) is 4.84. The van der Waals surface area contributed by atoms with Gasteiger partial charge in [-0.05, 0) is 31.0 Å². The average Bonchev–Trinajstić information content (AvgIpc) is 2.86. The lowest BCUT2D eigenvalue weighted by molar-refractivity contribution is -0.116. The molecule has 1 aromatic carbocycles. The van der Waals surface area contributed by atoms with Gasteiger partial charge in [0.1, 0.15) is 0 Å². The first kappa shape index (κ1) is 14.2. The minimum atomic E-state index is 0.00904. The number of rotatable bonds is 6. The van der Waals surface area contributed by atoms with Crippen molar-refractivity contribution in [3.8, 4) is 0 Å². The third-order valence-electron chi connectivity index (χ3n) is 2.89. The molecule has 0 saturated carbocycles. The molecule has 0 aliphatic carbocycles. The molecule has 0 aliphatic heterocycles. The number of anilines is 1. The molecule has 20 heavy (non-hydrogen) atoms. The molecular formula is C14H19N5O. The smallest absolute Gasteiger partial charge is 0.224 e. The first-order chi connectivity index (χ1) is 9.67. The van der Waals surface area contributed by atoms with Crippen LogP contribution in [0.2, 0.25) is 0 Å². The summed E-state index contributed by atoms with van der Waals surface area (Å²) in [5.41, 5.74) is 8.18. The fourth-order valence-corrected chi connectivity index (χ4v) is 1.89. The van der Waals surface area contributed by atoms with Gasteiger partial charge >= 0.3 is 0 Å². The number of aromatic nitrogens is 3. The zero-order valence-corrected chi connectivity index (χ0v) is 11.5. The standard InChI is InChI=1S/C14H19N5O/c1-11-4-2-5-12(8-11)16-14(20)6-3-7-19-10-13(9-15)17-18-19/h2,4-5,8,10H,3,6-7,9,15H2,1H3,(H,16,20). The summed E-state index contributed by atoms with van der Waals surface area (Å²) in [7, 11) is 0. The molecule has 0 radical (unpaired) electrons. The third-order valence-corrected chi connectivity index (χ3v) is 2.89. The zero-order valence-electron chi connectivity index (χ0n) is 11.5. The van der Waals surface area contributed by atoms with Crippen LogP contribution in [0.15, 0.2) is 30.5 Å². The van der Waals surface area contributed by atoms with Crippen molar-refractivity contribution >= 4 is 11.6 Å². The SMILES string of the molecule is Cc1cccc(NC(=O)CCCn2cc(CN)nn2)c1. The van der Waals surface area contributed by atoms with Gasteiger partial charge in [0.2, 0.25) is 5.91 Å². The first-order valence-corrected chi connectivity index (χ1v) is 6.63. The lowest BCUT2D eigenvalue weighted by Gasteiger charge is -2.05. The van der Waals surface area contributed by atoms with E-state index in [9.17, 15) is 4.79 Å². The molecule has 3 N–H and O–H groups in total. The van der Waals surface area contributed by atoms with E-state index in [4.69, 9.17) is 5.73 Å². The van der Waals surface area contributed by atoms with Crippen LogP contribution >= 0.6 is 0 Å². The number of amides is 1. The summed E-state index contributed by atoms with van der Waals surface area (Å²) in [4.78, 5) is 11.8. The van der Waals surface area contributed by atoms with Crippen LogP contribution in [0.5, 0.6) is 0 Å². The largest absolute Gasteiger partial charge is 0.326 e. The Labute approximate surface area is 118 Å². The number of carbonyl (C=O) groups is 1. The maximum Gasteiger partial charge on any atom is 0.224 e. The second kappa shape index (κ2) is 6.81. The van der Waals surface area contributed by atoms with E-state index in [1.54, 1.807) is 10.9 Å². The van der Waals surface area contributed by atoms with Crippen molar-refractivity contribution < 1.29 is 4.79 Å². The van der Waals surface area contributed by atoms with Gasteiger partial charge in [-0.25, -0.2) is 0 Å². The van der Waals surface area contributed by atoms with Crippen molar-refractivity contribution in [3.63, 3.8) is 0 Å².